The van der Waals surface area contributed by atoms with Crippen LogP contribution in [0, 0.1) is 17.5 Å². The summed E-state index contributed by atoms with van der Waals surface area (Å²) in [6, 6.07) is 2.95. The number of nitrogens with zero attached hydrogens (tertiary/aromatic N) is 1. The van der Waals surface area contributed by atoms with E-state index in [1.807, 2.05) is 0 Å². The Morgan fingerprint density at radius 2 is 1.88 bits per heavy atom. The molecule has 0 atom stereocenters. The third kappa shape index (κ3) is 3.46. The van der Waals surface area contributed by atoms with Crippen molar-refractivity contribution in [2.75, 3.05) is 7.11 Å². The van der Waals surface area contributed by atoms with Gasteiger partial charge in [0.05, 0.1) is 18.2 Å². The fourth-order valence-electron chi connectivity index (χ4n) is 1.96. The molecule has 8 heteroatoms. The zero-order valence-corrected chi connectivity index (χ0v) is 13.7. The van der Waals surface area contributed by atoms with Gasteiger partial charge < -0.3 is 9.47 Å². The van der Waals surface area contributed by atoms with Crippen molar-refractivity contribution in [2.24, 2.45) is 0 Å². The summed E-state index contributed by atoms with van der Waals surface area (Å²) in [4.78, 5) is 15.5. The second kappa shape index (κ2) is 7.09. The molecule has 0 aliphatic rings. The molecule has 1 heterocycles. The molecule has 0 N–H and O–H groups in total. The predicted octanol–water partition coefficient (Wildman–Crippen LogP) is 4.39. The monoisotopic (exact) mass is 359 g/mol. The zero-order valence-electron chi connectivity index (χ0n) is 13.0. The van der Waals surface area contributed by atoms with Gasteiger partial charge in [-0.05, 0) is 26.0 Å². The number of halogens is 4. The molecular weight excluding hydrogens is 347 g/mol. The molecule has 0 radical (unpaired) electrons. The Morgan fingerprint density at radius 1 is 1.21 bits per heavy atom. The molecular formula is C16H13ClF3NO3. The Hall–Kier alpha value is -2.28. The summed E-state index contributed by atoms with van der Waals surface area (Å²) in [7, 11) is 1.18. The van der Waals surface area contributed by atoms with Crippen LogP contribution >= 0.6 is 11.6 Å². The van der Waals surface area contributed by atoms with Gasteiger partial charge >= 0.3 is 5.97 Å². The van der Waals surface area contributed by atoms with Crippen molar-refractivity contribution < 1.29 is 27.4 Å². The fourth-order valence-corrected chi connectivity index (χ4v) is 2.18. The normalized spacial score (nSPS) is 10.8. The number of esters is 1. The van der Waals surface area contributed by atoms with Gasteiger partial charge in [0.2, 0.25) is 0 Å². The Balaban J connectivity index is 2.63. The van der Waals surface area contributed by atoms with E-state index in [4.69, 9.17) is 21.1 Å². The van der Waals surface area contributed by atoms with E-state index in [9.17, 15) is 18.0 Å². The molecule has 0 unspecified atom stereocenters. The van der Waals surface area contributed by atoms with Crippen molar-refractivity contribution in [1.82, 2.24) is 4.98 Å². The van der Waals surface area contributed by atoms with E-state index in [1.54, 1.807) is 13.8 Å². The molecule has 24 heavy (non-hydrogen) atoms. The maximum absolute atomic E-state index is 14.4. The van der Waals surface area contributed by atoms with Gasteiger partial charge in [-0.3, -0.25) is 0 Å². The molecule has 1 aromatic carbocycles. The molecule has 2 rings (SSSR count). The van der Waals surface area contributed by atoms with E-state index >= 15 is 0 Å². The zero-order chi connectivity index (χ0) is 18.0. The van der Waals surface area contributed by atoms with Crippen LogP contribution in [0.4, 0.5) is 13.2 Å². The van der Waals surface area contributed by atoms with Crippen molar-refractivity contribution in [1.29, 1.82) is 0 Å². The van der Waals surface area contributed by atoms with Crippen molar-refractivity contribution in [3.05, 3.63) is 46.4 Å². The van der Waals surface area contributed by atoms with Crippen LogP contribution in [0.25, 0.3) is 11.3 Å². The second-order valence-corrected chi connectivity index (χ2v) is 5.46. The second-order valence-electron chi connectivity index (χ2n) is 5.05. The predicted molar refractivity (Wildman–Crippen MR) is 81.7 cm³/mol. The van der Waals surface area contributed by atoms with Crippen LogP contribution < -0.4 is 4.74 Å². The van der Waals surface area contributed by atoms with Gasteiger partial charge in [-0.2, -0.15) is 0 Å². The molecule has 0 bridgehead atoms. The van der Waals surface area contributed by atoms with Crippen molar-refractivity contribution in [2.45, 2.75) is 20.0 Å². The molecule has 4 nitrogen and oxygen atoms in total. The summed E-state index contributed by atoms with van der Waals surface area (Å²) >= 11 is 5.77. The van der Waals surface area contributed by atoms with E-state index in [-0.39, 0.29) is 10.8 Å². The summed E-state index contributed by atoms with van der Waals surface area (Å²) in [5.41, 5.74) is -1.56. The summed E-state index contributed by atoms with van der Waals surface area (Å²) in [6.07, 6.45) is -0.483. The number of methoxy groups -OCH3 is 1. The van der Waals surface area contributed by atoms with Gasteiger partial charge in [0.15, 0.2) is 28.9 Å². The Morgan fingerprint density at radius 3 is 2.46 bits per heavy atom. The largest absolute Gasteiger partial charge is 0.492 e. The van der Waals surface area contributed by atoms with Crippen LogP contribution in [0.2, 0.25) is 5.02 Å². The van der Waals surface area contributed by atoms with Crippen molar-refractivity contribution in [3.63, 3.8) is 0 Å². The maximum Gasteiger partial charge on any atom is 0.357 e. The molecule has 128 valence electrons. The summed E-state index contributed by atoms with van der Waals surface area (Å²) in [6.45, 7) is 3.17. The number of rotatable bonds is 4. The first-order valence-electron chi connectivity index (χ1n) is 6.85. The van der Waals surface area contributed by atoms with E-state index < -0.39 is 46.5 Å². The van der Waals surface area contributed by atoms with Gasteiger partial charge in [-0.1, -0.05) is 11.6 Å². The molecule has 0 aliphatic carbocycles. The molecule has 0 saturated heterocycles. The number of pyridine rings is 1. The fraction of sp³-hybridized carbons (Fsp3) is 0.250. The van der Waals surface area contributed by atoms with Gasteiger partial charge in [-0.25, -0.2) is 22.9 Å². The van der Waals surface area contributed by atoms with E-state index in [0.717, 1.165) is 6.07 Å². The van der Waals surface area contributed by atoms with Crippen molar-refractivity contribution in [3.8, 4) is 17.0 Å². The Bertz CT molecular complexity index is 797. The van der Waals surface area contributed by atoms with Gasteiger partial charge in [0, 0.05) is 11.6 Å². The van der Waals surface area contributed by atoms with Crippen LogP contribution in [0.15, 0.2) is 18.2 Å². The van der Waals surface area contributed by atoms with Crippen LogP contribution in [-0.2, 0) is 4.74 Å². The quantitative estimate of drug-likeness (QED) is 0.759. The van der Waals surface area contributed by atoms with Crippen molar-refractivity contribution >= 4 is 17.6 Å². The molecule has 0 amide bonds. The highest BCUT2D eigenvalue weighted by Gasteiger charge is 2.23. The molecule has 0 aliphatic heterocycles. The standard InChI is InChI=1S/C16H13ClF3NO3/c1-7(2)24-16(22)11-6-10(18)13(20)14(21-11)8-4-5-9(17)15(23-3)12(8)19/h4-7H,1-3H3. The van der Waals surface area contributed by atoms with Crippen LogP contribution in [0.1, 0.15) is 24.3 Å². The number of carbonyl (C=O) groups excluding carboxylic acids is 1. The highest BCUT2D eigenvalue weighted by molar-refractivity contribution is 6.32. The van der Waals surface area contributed by atoms with Gasteiger partial charge in [0.25, 0.3) is 0 Å². The smallest absolute Gasteiger partial charge is 0.357 e. The number of carbonyl (C=O) groups is 1. The average Bonchev–Trinajstić information content (AvgIpc) is 2.50. The van der Waals surface area contributed by atoms with Gasteiger partial charge in [-0.15, -0.1) is 0 Å². The van der Waals surface area contributed by atoms with Gasteiger partial charge in [0.1, 0.15) is 5.69 Å². The van der Waals surface area contributed by atoms with Crippen LogP contribution in [0.3, 0.4) is 0 Å². The third-order valence-corrected chi connectivity index (χ3v) is 3.27. The average molecular weight is 360 g/mol. The number of ether oxygens (including phenoxy) is 2. The summed E-state index contributed by atoms with van der Waals surface area (Å²) in [5, 5.41) is -0.0463. The van der Waals surface area contributed by atoms with E-state index in [0.29, 0.717) is 6.07 Å². The third-order valence-electron chi connectivity index (χ3n) is 2.97. The number of benzene rings is 1. The minimum absolute atomic E-state index is 0.0463. The highest BCUT2D eigenvalue weighted by Crippen LogP contribution is 2.35. The molecule has 2 aromatic rings. The SMILES string of the molecule is COc1c(Cl)ccc(-c2nc(C(=O)OC(C)C)cc(F)c2F)c1F. The summed E-state index contributed by atoms with van der Waals surface area (Å²) in [5.74, 6) is -5.08. The first-order valence-corrected chi connectivity index (χ1v) is 7.23. The molecule has 0 saturated carbocycles. The van der Waals surface area contributed by atoms with Crippen LogP contribution in [-0.4, -0.2) is 24.2 Å². The lowest BCUT2D eigenvalue weighted by atomic mass is 10.1. The molecule has 1 aromatic heterocycles. The van der Waals surface area contributed by atoms with E-state index in [1.165, 1.54) is 13.2 Å². The molecule has 0 spiro atoms. The topological polar surface area (TPSA) is 48.4 Å². The first-order chi connectivity index (χ1) is 11.3. The Labute approximate surface area is 141 Å². The minimum Gasteiger partial charge on any atom is -0.492 e. The summed E-state index contributed by atoms with van der Waals surface area (Å²) < 4.78 is 52.0. The Kier molecular flexibility index (Phi) is 5.33. The first kappa shape index (κ1) is 18.1. The lowest BCUT2D eigenvalue weighted by Gasteiger charge is -2.12. The number of aromatic nitrogens is 1. The highest BCUT2D eigenvalue weighted by atomic mass is 35.5. The number of hydrogen-bond donors (Lipinski definition) is 0. The maximum atomic E-state index is 14.4. The van der Waals surface area contributed by atoms with E-state index in [2.05, 4.69) is 4.98 Å². The van der Waals surface area contributed by atoms with Crippen LogP contribution in [0.5, 0.6) is 5.75 Å². The molecule has 0 fully saturated rings. The number of hydrogen-bond acceptors (Lipinski definition) is 4. The minimum atomic E-state index is -1.40. The lowest BCUT2D eigenvalue weighted by molar-refractivity contribution is 0.0370. The lowest BCUT2D eigenvalue weighted by Crippen LogP contribution is -2.14.